The number of rotatable bonds is 11. The van der Waals surface area contributed by atoms with Gasteiger partial charge in [-0.1, -0.05) is 60.7 Å². The average Bonchev–Trinajstić information content (AvgIpc) is 2.83. The van der Waals surface area contributed by atoms with Crippen molar-refractivity contribution in [3.8, 4) is 0 Å². The quantitative estimate of drug-likeness (QED) is 0.213. The van der Waals surface area contributed by atoms with Crippen LogP contribution in [-0.2, 0) is 27.5 Å². The molecule has 9 nitrogen and oxygen atoms in total. The van der Waals surface area contributed by atoms with Crippen LogP contribution in [0.2, 0.25) is 0 Å². The van der Waals surface area contributed by atoms with Crippen molar-refractivity contribution in [3.05, 3.63) is 71.8 Å². The molecule has 2 amide bonds. The molecule has 2 rings (SSSR count). The number of carbonyl (C=O) groups is 3. The van der Waals surface area contributed by atoms with Gasteiger partial charge in [-0.2, -0.15) is 5.10 Å². The molecule has 0 fully saturated rings. The van der Waals surface area contributed by atoms with Gasteiger partial charge < -0.3 is 30.3 Å². The van der Waals surface area contributed by atoms with Gasteiger partial charge in [0.2, 0.25) is 0 Å². The highest BCUT2D eigenvalue weighted by Crippen LogP contribution is 2.01. The molecule has 0 radical (unpaired) electrons. The van der Waals surface area contributed by atoms with E-state index in [4.69, 9.17) is 9.47 Å². The Labute approximate surface area is 188 Å². The number of amides is 2. The van der Waals surface area contributed by atoms with E-state index in [-0.39, 0.29) is 13.2 Å². The number of ether oxygens (including phenoxy) is 2. The first-order valence-electron chi connectivity index (χ1n) is 10.2. The van der Waals surface area contributed by atoms with Crippen LogP contribution in [0.5, 0.6) is 0 Å². The lowest BCUT2D eigenvalue weighted by molar-refractivity contribution is -0.107. The van der Waals surface area contributed by atoms with Crippen molar-refractivity contribution < 1.29 is 23.9 Å². The number of nitrogens with zero attached hydrogens (tertiary/aromatic N) is 1. The second-order valence-corrected chi connectivity index (χ2v) is 6.26. The average molecular weight is 443 g/mol. The Morgan fingerprint density at radius 3 is 1.72 bits per heavy atom. The van der Waals surface area contributed by atoms with Crippen molar-refractivity contribution in [2.45, 2.75) is 26.1 Å². The predicted octanol–water partition coefficient (Wildman–Crippen LogP) is 3.01. The molecule has 0 unspecified atom stereocenters. The smallest absolute Gasteiger partial charge is 0.407 e. The number of benzene rings is 2. The normalized spacial score (nSPS) is 9.78. The number of carbonyl (C=O) groups excluding carboxylic acids is 3. The van der Waals surface area contributed by atoms with Gasteiger partial charge in [0.25, 0.3) is 0 Å². The van der Waals surface area contributed by atoms with Crippen molar-refractivity contribution in [2.24, 2.45) is 5.10 Å². The number of nitrogens with one attached hydrogen (secondary N) is 3. The summed E-state index contributed by atoms with van der Waals surface area (Å²) < 4.78 is 9.93. The van der Waals surface area contributed by atoms with E-state index in [1.165, 1.54) is 0 Å². The summed E-state index contributed by atoms with van der Waals surface area (Å²) in [4.78, 5) is 32.3. The molecule has 32 heavy (non-hydrogen) atoms. The predicted molar refractivity (Wildman–Crippen MR) is 122 cm³/mol. The van der Waals surface area contributed by atoms with E-state index in [2.05, 4.69) is 21.2 Å². The van der Waals surface area contributed by atoms with Crippen LogP contribution >= 0.6 is 0 Å². The number of hydrogen-bond acceptors (Lipinski definition) is 7. The lowest BCUT2D eigenvalue weighted by Crippen LogP contribution is -2.25. The van der Waals surface area contributed by atoms with Crippen molar-refractivity contribution in [1.82, 2.24) is 16.1 Å². The first-order valence-corrected chi connectivity index (χ1v) is 10.2. The van der Waals surface area contributed by atoms with E-state index >= 15 is 0 Å². The first-order chi connectivity index (χ1) is 15.7. The van der Waals surface area contributed by atoms with Crippen molar-refractivity contribution in [1.29, 1.82) is 0 Å². The maximum Gasteiger partial charge on any atom is 0.407 e. The molecule has 0 atom stereocenters. The minimum Gasteiger partial charge on any atom is -0.445 e. The number of alkyl carbamates (subject to hydrolysis) is 2. The summed E-state index contributed by atoms with van der Waals surface area (Å²) in [5, 5.41) is 8.89. The van der Waals surface area contributed by atoms with Gasteiger partial charge in [-0.3, -0.25) is 0 Å². The Hall–Kier alpha value is -3.88. The summed E-state index contributed by atoms with van der Waals surface area (Å²) in [7, 11) is 1.72. The SMILES string of the molecule is CN/N=C\CCNC(=O)OCc1ccccc1.O=CCCNC(=O)OCc1ccccc1. The molecule has 0 heterocycles. The number of aldehydes is 1. The summed E-state index contributed by atoms with van der Waals surface area (Å²) in [5.41, 5.74) is 4.53. The minimum absolute atomic E-state index is 0.244. The first kappa shape index (κ1) is 26.2. The van der Waals surface area contributed by atoms with E-state index < -0.39 is 12.2 Å². The van der Waals surface area contributed by atoms with Crippen LogP contribution in [-0.4, -0.2) is 44.8 Å². The van der Waals surface area contributed by atoms with Crippen LogP contribution in [0.25, 0.3) is 0 Å². The van der Waals surface area contributed by atoms with Gasteiger partial charge in [0.1, 0.15) is 19.5 Å². The zero-order chi connectivity index (χ0) is 23.3. The molecule has 0 bridgehead atoms. The fourth-order valence-electron chi connectivity index (χ4n) is 2.18. The lowest BCUT2D eigenvalue weighted by Gasteiger charge is -2.05. The van der Waals surface area contributed by atoms with Crippen molar-refractivity contribution >= 4 is 24.7 Å². The van der Waals surface area contributed by atoms with E-state index in [0.29, 0.717) is 25.9 Å². The molecule has 0 aromatic heterocycles. The van der Waals surface area contributed by atoms with Crippen LogP contribution in [0, 0.1) is 0 Å². The third-order valence-corrected chi connectivity index (χ3v) is 3.72. The molecule has 2 aromatic rings. The van der Waals surface area contributed by atoms with Crippen LogP contribution in [0.1, 0.15) is 24.0 Å². The second kappa shape index (κ2) is 17.9. The van der Waals surface area contributed by atoms with Gasteiger partial charge in [0.15, 0.2) is 0 Å². The molecular formula is C23H30N4O5. The maximum atomic E-state index is 11.3. The Morgan fingerprint density at radius 2 is 1.28 bits per heavy atom. The number of hydrazone groups is 1. The minimum atomic E-state index is -0.499. The van der Waals surface area contributed by atoms with E-state index in [1.54, 1.807) is 13.3 Å². The summed E-state index contributed by atoms with van der Waals surface area (Å²) in [6.45, 7) is 1.36. The van der Waals surface area contributed by atoms with Crippen molar-refractivity contribution in [2.75, 3.05) is 20.1 Å². The van der Waals surface area contributed by atoms with Gasteiger partial charge in [0.05, 0.1) is 0 Å². The Morgan fingerprint density at radius 1 is 0.812 bits per heavy atom. The molecule has 2 aromatic carbocycles. The molecule has 0 saturated heterocycles. The number of hydrogen-bond donors (Lipinski definition) is 3. The molecule has 0 aliphatic rings. The molecule has 0 aliphatic heterocycles. The third kappa shape index (κ3) is 14.2. The van der Waals surface area contributed by atoms with E-state index in [0.717, 1.165) is 17.4 Å². The Balaban J connectivity index is 0.000000323. The fraction of sp³-hybridized carbons (Fsp3) is 0.304. The molecular weight excluding hydrogens is 412 g/mol. The van der Waals surface area contributed by atoms with Crippen LogP contribution < -0.4 is 16.1 Å². The highest BCUT2D eigenvalue weighted by Gasteiger charge is 2.01. The summed E-state index contributed by atoms with van der Waals surface area (Å²) in [5.74, 6) is 0. The topological polar surface area (TPSA) is 118 Å². The molecule has 0 spiro atoms. The summed E-state index contributed by atoms with van der Waals surface area (Å²) in [6.07, 6.45) is 2.50. The Bertz CT molecular complexity index is 801. The fourth-order valence-corrected chi connectivity index (χ4v) is 2.18. The third-order valence-electron chi connectivity index (χ3n) is 3.72. The van der Waals surface area contributed by atoms with Crippen molar-refractivity contribution in [3.63, 3.8) is 0 Å². The summed E-state index contributed by atoms with van der Waals surface area (Å²) >= 11 is 0. The van der Waals surface area contributed by atoms with Gasteiger partial charge in [-0.15, -0.1) is 0 Å². The molecule has 0 saturated carbocycles. The molecule has 0 aliphatic carbocycles. The molecule has 172 valence electrons. The van der Waals surface area contributed by atoms with E-state index in [1.807, 2.05) is 60.7 Å². The van der Waals surface area contributed by atoms with Crippen LogP contribution in [0.15, 0.2) is 65.8 Å². The highest BCUT2D eigenvalue weighted by atomic mass is 16.6. The van der Waals surface area contributed by atoms with Crippen LogP contribution in [0.3, 0.4) is 0 Å². The second-order valence-electron chi connectivity index (χ2n) is 6.26. The lowest BCUT2D eigenvalue weighted by atomic mass is 10.2. The highest BCUT2D eigenvalue weighted by molar-refractivity contribution is 5.68. The van der Waals surface area contributed by atoms with Gasteiger partial charge >= 0.3 is 12.2 Å². The van der Waals surface area contributed by atoms with Gasteiger partial charge in [0, 0.05) is 39.2 Å². The largest absolute Gasteiger partial charge is 0.445 e. The van der Waals surface area contributed by atoms with E-state index in [9.17, 15) is 14.4 Å². The van der Waals surface area contributed by atoms with Crippen LogP contribution in [0.4, 0.5) is 9.59 Å². The Kier molecular flexibility index (Phi) is 14.7. The monoisotopic (exact) mass is 442 g/mol. The zero-order valence-electron chi connectivity index (χ0n) is 18.2. The standard InChI is InChI=1S/C12H17N3O2.C11H13NO3/c1-13-15-9-5-8-14-12(16)17-10-11-6-3-2-4-7-11;13-8-4-7-12-11(14)15-9-10-5-2-1-3-6-10/h2-4,6-7,9,13H,5,8,10H2,1H3,(H,14,16);1-3,5-6,8H,4,7,9H2,(H,12,14)/b15-9-;. The van der Waals surface area contributed by atoms with Gasteiger partial charge in [-0.05, 0) is 11.1 Å². The molecule has 9 heteroatoms. The zero-order valence-corrected chi connectivity index (χ0v) is 18.2. The molecule has 3 N–H and O–H groups in total. The summed E-state index contributed by atoms with van der Waals surface area (Å²) in [6, 6.07) is 19.0. The maximum absolute atomic E-state index is 11.3. The van der Waals surface area contributed by atoms with Gasteiger partial charge in [-0.25, -0.2) is 9.59 Å².